The van der Waals surface area contributed by atoms with Crippen molar-refractivity contribution in [1.82, 2.24) is 10.2 Å². The van der Waals surface area contributed by atoms with E-state index >= 15 is 0 Å². The average molecular weight is 293 g/mol. The molecular formula is C16H21ClN2O. The summed E-state index contributed by atoms with van der Waals surface area (Å²) in [5.74, 6) is 0.292. The number of halogens is 1. The van der Waals surface area contributed by atoms with Crippen molar-refractivity contribution in [2.45, 2.75) is 44.2 Å². The second-order valence-corrected chi connectivity index (χ2v) is 6.70. The highest BCUT2D eigenvalue weighted by atomic mass is 35.5. The van der Waals surface area contributed by atoms with Crippen LogP contribution in [0.5, 0.6) is 0 Å². The molecule has 1 aromatic carbocycles. The minimum atomic E-state index is -0.276. The maximum atomic E-state index is 12.9. The van der Waals surface area contributed by atoms with Crippen LogP contribution in [0.4, 0.5) is 0 Å². The minimum absolute atomic E-state index is 0.276. The van der Waals surface area contributed by atoms with Gasteiger partial charge in [0.15, 0.2) is 0 Å². The SMILES string of the molecule is CC1CN(C(=O)C2(c3ccc(Cl)cc3)CC2)CC(C)N1. The van der Waals surface area contributed by atoms with Gasteiger partial charge in [-0.1, -0.05) is 23.7 Å². The molecule has 1 aliphatic heterocycles. The molecule has 3 rings (SSSR count). The van der Waals surface area contributed by atoms with Crippen LogP contribution in [0.25, 0.3) is 0 Å². The van der Waals surface area contributed by atoms with E-state index in [9.17, 15) is 4.79 Å². The molecule has 3 nitrogen and oxygen atoms in total. The molecule has 1 aliphatic carbocycles. The zero-order chi connectivity index (χ0) is 14.3. The Morgan fingerprint density at radius 3 is 2.25 bits per heavy atom. The van der Waals surface area contributed by atoms with Crippen molar-refractivity contribution in [3.63, 3.8) is 0 Å². The number of hydrogen-bond acceptors (Lipinski definition) is 2. The van der Waals surface area contributed by atoms with E-state index in [1.54, 1.807) is 0 Å². The van der Waals surface area contributed by atoms with E-state index in [-0.39, 0.29) is 5.41 Å². The first-order valence-corrected chi connectivity index (χ1v) is 7.70. The molecule has 2 unspecified atom stereocenters. The fourth-order valence-electron chi connectivity index (χ4n) is 3.32. The molecule has 0 bridgehead atoms. The highest BCUT2D eigenvalue weighted by Crippen LogP contribution is 2.50. The van der Waals surface area contributed by atoms with E-state index in [1.165, 1.54) is 0 Å². The summed E-state index contributed by atoms with van der Waals surface area (Å²) >= 11 is 5.95. The number of carbonyl (C=O) groups excluding carboxylic acids is 1. The summed E-state index contributed by atoms with van der Waals surface area (Å²) < 4.78 is 0. The van der Waals surface area contributed by atoms with Crippen LogP contribution < -0.4 is 5.32 Å². The first-order valence-electron chi connectivity index (χ1n) is 7.33. The monoisotopic (exact) mass is 292 g/mol. The van der Waals surface area contributed by atoms with Gasteiger partial charge in [-0.05, 0) is 44.4 Å². The van der Waals surface area contributed by atoms with E-state index in [4.69, 9.17) is 11.6 Å². The summed E-state index contributed by atoms with van der Waals surface area (Å²) in [6, 6.07) is 8.50. The van der Waals surface area contributed by atoms with E-state index in [0.717, 1.165) is 36.5 Å². The van der Waals surface area contributed by atoms with Crippen LogP contribution in [0.3, 0.4) is 0 Å². The van der Waals surface area contributed by atoms with Crippen LogP contribution in [-0.2, 0) is 10.2 Å². The lowest BCUT2D eigenvalue weighted by atomic mass is 9.93. The van der Waals surface area contributed by atoms with Gasteiger partial charge in [-0.25, -0.2) is 0 Å². The molecule has 1 aromatic rings. The van der Waals surface area contributed by atoms with Gasteiger partial charge in [-0.3, -0.25) is 4.79 Å². The molecular weight excluding hydrogens is 272 g/mol. The molecule has 2 atom stereocenters. The first-order chi connectivity index (χ1) is 9.51. The van der Waals surface area contributed by atoms with Crippen LogP contribution >= 0.6 is 11.6 Å². The normalized spacial score (nSPS) is 28.2. The molecule has 20 heavy (non-hydrogen) atoms. The number of rotatable bonds is 2. The largest absolute Gasteiger partial charge is 0.339 e. The summed E-state index contributed by atoms with van der Waals surface area (Å²) in [5, 5.41) is 4.20. The van der Waals surface area contributed by atoms with Gasteiger partial charge in [-0.15, -0.1) is 0 Å². The third-order valence-electron chi connectivity index (χ3n) is 4.40. The Morgan fingerprint density at radius 2 is 1.75 bits per heavy atom. The zero-order valence-electron chi connectivity index (χ0n) is 12.0. The zero-order valence-corrected chi connectivity index (χ0v) is 12.8. The second kappa shape index (κ2) is 5.05. The lowest BCUT2D eigenvalue weighted by Gasteiger charge is -2.38. The third-order valence-corrected chi connectivity index (χ3v) is 4.65. The number of nitrogens with zero attached hydrogens (tertiary/aromatic N) is 1. The molecule has 4 heteroatoms. The standard InChI is InChI=1S/C16H21ClN2O/c1-11-9-19(10-12(2)18-11)15(20)16(7-8-16)13-3-5-14(17)6-4-13/h3-6,11-12,18H,7-10H2,1-2H3. The molecule has 1 amide bonds. The molecule has 1 heterocycles. The highest BCUT2D eigenvalue weighted by Gasteiger charge is 2.53. The molecule has 1 N–H and O–H groups in total. The highest BCUT2D eigenvalue weighted by molar-refractivity contribution is 6.30. The van der Waals surface area contributed by atoms with Crippen LogP contribution in [0, 0.1) is 0 Å². The van der Waals surface area contributed by atoms with Gasteiger partial charge < -0.3 is 10.2 Å². The van der Waals surface area contributed by atoms with Crippen molar-refractivity contribution in [1.29, 1.82) is 0 Å². The van der Waals surface area contributed by atoms with Gasteiger partial charge in [0, 0.05) is 30.2 Å². The Labute approximate surface area is 125 Å². The van der Waals surface area contributed by atoms with Gasteiger partial charge in [0.05, 0.1) is 5.41 Å². The van der Waals surface area contributed by atoms with Crippen molar-refractivity contribution >= 4 is 17.5 Å². The summed E-state index contributed by atoms with van der Waals surface area (Å²) in [4.78, 5) is 15.0. The number of amides is 1. The number of benzene rings is 1. The fraction of sp³-hybridized carbons (Fsp3) is 0.562. The average Bonchev–Trinajstić information content (AvgIpc) is 3.19. The summed E-state index contributed by atoms with van der Waals surface area (Å²) in [6.45, 7) is 5.88. The predicted molar refractivity (Wildman–Crippen MR) is 81.0 cm³/mol. The maximum absolute atomic E-state index is 12.9. The second-order valence-electron chi connectivity index (χ2n) is 6.27. The minimum Gasteiger partial charge on any atom is -0.339 e. The van der Waals surface area contributed by atoms with E-state index in [2.05, 4.69) is 19.2 Å². The van der Waals surface area contributed by atoms with E-state index in [0.29, 0.717) is 18.0 Å². The van der Waals surface area contributed by atoms with Gasteiger partial charge in [0.2, 0.25) is 5.91 Å². The van der Waals surface area contributed by atoms with Gasteiger partial charge in [0.25, 0.3) is 0 Å². The smallest absolute Gasteiger partial charge is 0.233 e. The lowest BCUT2D eigenvalue weighted by molar-refractivity contribution is -0.135. The lowest BCUT2D eigenvalue weighted by Crippen LogP contribution is -2.57. The van der Waals surface area contributed by atoms with Gasteiger partial charge >= 0.3 is 0 Å². The quantitative estimate of drug-likeness (QED) is 0.909. The Bertz CT molecular complexity index is 500. The molecule has 108 valence electrons. The fourth-order valence-corrected chi connectivity index (χ4v) is 3.44. The van der Waals surface area contributed by atoms with Crippen molar-refractivity contribution in [2.75, 3.05) is 13.1 Å². The van der Waals surface area contributed by atoms with E-state index < -0.39 is 0 Å². The van der Waals surface area contributed by atoms with Gasteiger partial charge in [0.1, 0.15) is 0 Å². The van der Waals surface area contributed by atoms with Crippen molar-refractivity contribution < 1.29 is 4.79 Å². The molecule has 2 aliphatic rings. The number of piperazine rings is 1. The summed E-state index contributed by atoms with van der Waals surface area (Å²) in [6.07, 6.45) is 1.92. The molecule has 2 fully saturated rings. The Hall–Kier alpha value is -1.06. The van der Waals surface area contributed by atoms with Crippen LogP contribution in [0.15, 0.2) is 24.3 Å². The van der Waals surface area contributed by atoms with Gasteiger partial charge in [-0.2, -0.15) is 0 Å². The van der Waals surface area contributed by atoms with Crippen molar-refractivity contribution in [2.24, 2.45) is 0 Å². The molecule has 0 aromatic heterocycles. The Morgan fingerprint density at radius 1 is 1.20 bits per heavy atom. The summed E-state index contributed by atoms with van der Waals surface area (Å²) in [5.41, 5.74) is 0.840. The van der Waals surface area contributed by atoms with Crippen LogP contribution in [-0.4, -0.2) is 36.0 Å². The number of nitrogens with one attached hydrogen (secondary N) is 1. The van der Waals surface area contributed by atoms with Crippen molar-refractivity contribution in [3.05, 3.63) is 34.9 Å². The Balaban J connectivity index is 1.81. The van der Waals surface area contributed by atoms with Crippen LogP contribution in [0.2, 0.25) is 5.02 Å². The molecule has 0 spiro atoms. The molecule has 1 saturated carbocycles. The van der Waals surface area contributed by atoms with Crippen molar-refractivity contribution in [3.8, 4) is 0 Å². The third kappa shape index (κ3) is 2.45. The first kappa shape index (κ1) is 13.9. The van der Waals surface area contributed by atoms with E-state index in [1.807, 2.05) is 29.2 Å². The maximum Gasteiger partial charge on any atom is 0.233 e. The summed E-state index contributed by atoms with van der Waals surface area (Å²) in [7, 11) is 0. The molecule has 0 radical (unpaired) electrons. The van der Waals surface area contributed by atoms with Crippen LogP contribution in [0.1, 0.15) is 32.3 Å². The number of carbonyl (C=O) groups is 1. The topological polar surface area (TPSA) is 32.3 Å². The Kier molecular flexibility index (Phi) is 3.51. The molecule has 1 saturated heterocycles. The predicted octanol–water partition coefficient (Wildman–Crippen LogP) is 2.58. The number of hydrogen-bond donors (Lipinski definition) is 1.